The lowest BCUT2D eigenvalue weighted by molar-refractivity contribution is -0.150. The number of ether oxygens (including phenoxy) is 3. The molecule has 0 spiro atoms. The Morgan fingerprint density at radius 3 is 2.14 bits per heavy atom. The van der Waals surface area contributed by atoms with Crippen molar-refractivity contribution in [1.29, 1.82) is 0 Å². The van der Waals surface area contributed by atoms with Crippen molar-refractivity contribution in [3.8, 4) is 11.5 Å². The van der Waals surface area contributed by atoms with Crippen LogP contribution < -0.4 is 20.1 Å². The van der Waals surface area contributed by atoms with Crippen LogP contribution in [0.3, 0.4) is 0 Å². The highest BCUT2D eigenvalue weighted by Gasteiger charge is 2.25. The van der Waals surface area contributed by atoms with Crippen LogP contribution in [0.4, 0.5) is 0 Å². The Hall–Kier alpha value is -4.33. The van der Waals surface area contributed by atoms with E-state index in [-0.39, 0.29) is 6.42 Å². The van der Waals surface area contributed by atoms with Gasteiger partial charge in [-0.25, -0.2) is 4.79 Å². The lowest BCUT2D eigenvalue weighted by Crippen LogP contribution is -2.44. The lowest BCUT2D eigenvalue weighted by atomic mass is 10.1. The summed E-state index contributed by atoms with van der Waals surface area (Å²) in [6, 6.07) is 21.7. The number of carbonyl (C=O) groups excluding carboxylic acids is 3. The summed E-state index contributed by atoms with van der Waals surface area (Å²) in [4.78, 5) is 38.1. The van der Waals surface area contributed by atoms with Crippen molar-refractivity contribution in [2.75, 3.05) is 20.8 Å². The van der Waals surface area contributed by atoms with E-state index in [9.17, 15) is 14.4 Å². The Balaban J connectivity index is 1.64. The molecule has 0 bridgehead atoms. The summed E-state index contributed by atoms with van der Waals surface area (Å²) < 4.78 is 15.9. The summed E-state index contributed by atoms with van der Waals surface area (Å²) in [7, 11) is 3.09. The monoisotopic (exact) mass is 490 g/mol. The molecule has 0 aliphatic heterocycles. The van der Waals surface area contributed by atoms with Crippen LogP contribution in [0.5, 0.6) is 11.5 Å². The molecule has 2 amide bonds. The first-order valence-corrected chi connectivity index (χ1v) is 11.5. The number of nitrogens with one attached hydrogen (secondary N) is 2. The number of hydrogen-bond acceptors (Lipinski definition) is 6. The summed E-state index contributed by atoms with van der Waals surface area (Å²) >= 11 is 0. The Labute approximate surface area is 210 Å². The first-order chi connectivity index (χ1) is 17.4. The second kappa shape index (κ2) is 12.9. The average molecular weight is 491 g/mol. The zero-order valence-corrected chi connectivity index (χ0v) is 20.5. The fourth-order valence-electron chi connectivity index (χ4n) is 3.65. The highest BCUT2D eigenvalue weighted by molar-refractivity contribution is 5.97. The van der Waals surface area contributed by atoms with E-state index in [1.807, 2.05) is 30.3 Å². The normalized spacial score (nSPS) is 12.1. The predicted molar refractivity (Wildman–Crippen MR) is 135 cm³/mol. The topological polar surface area (TPSA) is 103 Å². The van der Waals surface area contributed by atoms with Crippen LogP contribution in [0.1, 0.15) is 34.5 Å². The first-order valence-electron chi connectivity index (χ1n) is 11.5. The maximum atomic E-state index is 12.9. The molecule has 0 aromatic heterocycles. The molecule has 0 radical (unpaired) electrons. The second-order valence-corrected chi connectivity index (χ2v) is 8.09. The van der Waals surface area contributed by atoms with Crippen molar-refractivity contribution < 1.29 is 28.6 Å². The van der Waals surface area contributed by atoms with Gasteiger partial charge in [0.1, 0.15) is 17.5 Å². The molecule has 0 aliphatic carbocycles. The van der Waals surface area contributed by atoms with Crippen LogP contribution in [0.15, 0.2) is 78.9 Å². The van der Waals surface area contributed by atoms with E-state index in [0.717, 1.165) is 5.56 Å². The van der Waals surface area contributed by atoms with E-state index in [4.69, 9.17) is 14.2 Å². The number of carbonyl (C=O) groups is 3. The number of rotatable bonds is 11. The van der Waals surface area contributed by atoms with Crippen molar-refractivity contribution in [3.05, 3.63) is 95.6 Å². The van der Waals surface area contributed by atoms with Gasteiger partial charge >= 0.3 is 5.97 Å². The highest BCUT2D eigenvalue weighted by Crippen LogP contribution is 2.29. The third kappa shape index (κ3) is 7.33. The summed E-state index contributed by atoms with van der Waals surface area (Å²) in [5.74, 6) is -0.390. The fraction of sp³-hybridized carbons (Fsp3) is 0.250. The third-order valence-electron chi connectivity index (χ3n) is 5.53. The van der Waals surface area contributed by atoms with E-state index < -0.39 is 36.5 Å². The zero-order chi connectivity index (χ0) is 25.9. The predicted octanol–water partition coefficient (Wildman–Crippen LogP) is 3.47. The fourth-order valence-corrected chi connectivity index (χ4v) is 3.65. The molecule has 2 atom stereocenters. The van der Waals surface area contributed by atoms with E-state index >= 15 is 0 Å². The van der Waals surface area contributed by atoms with Crippen molar-refractivity contribution in [2.24, 2.45) is 0 Å². The Morgan fingerprint density at radius 2 is 1.50 bits per heavy atom. The maximum absolute atomic E-state index is 12.9. The molecule has 0 heterocycles. The van der Waals surface area contributed by atoms with Gasteiger partial charge in [-0.15, -0.1) is 0 Å². The molecule has 8 nitrogen and oxygen atoms in total. The quantitative estimate of drug-likeness (QED) is 0.399. The van der Waals surface area contributed by atoms with Crippen LogP contribution in [0, 0.1) is 0 Å². The standard InChI is InChI=1S/C28H30N2O6/c1-19(23-17-22(34-2)14-15-25(23)35-3)29-26(31)18-36-28(33)24(16-20-10-6-4-7-11-20)30-27(32)21-12-8-5-9-13-21/h4-15,17,19,24H,16,18H2,1-3H3,(H,29,31)(H,30,32). The molecule has 2 N–H and O–H groups in total. The highest BCUT2D eigenvalue weighted by atomic mass is 16.5. The number of methoxy groups -OCH3 is 2. The first kappa shape index (κ1) is 26.3. The lowest BCUT2D eigenvalue weighted by Gasteiger charge is -2.20. The molecule has 3 rings (SSSR count). The van der Waals surface area contributed by atoms with Crippen LogP contribution in [-0.4, -0.2) is 44.7 Å². The minimum absolute atomic E-state index is 0.220. The SMILES string of the molecule is COc1ccc(OC)c(C(C)NC(=O)COC(=O)C(Cc2ccccc2)NC(=O)c2ccccc2)c1. The van der Waals surface area contributed by atoms with Gasteiger partial charge in [0.15, 0.2) is 6.61 Å². The van der Waals surface area contributed by atoms with Crippen LogP contribution in [0.25, 0.3) is 0 Å². The summed E-state index contributed by atoms with van der Waals surface area (Å²) in [5.41, 5.74) is 1.98. The Bertz CT molecular complexity index is 1170. The molecule has 3 aromatic carbocycles. The molecule has 0 fully saturated rings. The van der Waals surface area contributed by atoms with Gasteiger partial charge in [0, 0.05) is 17.5 Å². The number of benzene rings is 3. The molecule has 8 heteroatoms. The molecule has 0 aliphatic rings. The van der Waals surface area contributed by atoms with Gasteiger partial charge < -0.3 is 24.8 Å². The zero-order valence-electron chi connectivity index (χ0n) is 20.5. The summed E-state index contributed by atoms with van der Waals surface area (Å²) in [6.07, 6.45) is 0.220. The van der Waals surface area contributed by atoms with Crippen molar-refractivity contribution >= 4 is 17.8 Å². The van der Waals surface area contributed by atoms with Gasteiger partial charge in [-0.1, -0.05) is 48.5 Å². The van der Waals surface area contributed by atoms with E-state index in [1.54, 1.807) is 62.6 Å². The van der Waals surface area contributed by atoms with Gasteiger partial charge in [0.2, 0.25) is 0 Å². The molecule has 36 heavy (non-hydrogen) atoms. The number of hydrogen-bond donors (Lipinski definition) is 2. The van der Waals surface area contributed by atoms with Gasteiger partial charge in [0.25, 0.3) is 11.8 Å². The average Bonchev–Trinajstić information content (AvgIpc) is 2.91. The van der Waals surface area contributed by atoms with E-state index in [0.29, 0.717) is 22.6 Å². The summed E-state index contributed by atoms with van der Waals surface area (Å²) in [6.45, 7) is 1.29. The Kier molecular flexibility index (Phi) is 9.45. The smallest absolute Gasteiger partial charge is 0.329 e. The van der Waals surface area contributed by atoms with Crippen molar-refractivity contribution in [1.82, 2.24) is 10.6 Å². The summed E-state index contributed by atoms with van der Waals surface area (Å²) in [5, 5.41) is 5.52. The second-order valence-electron chi connectivity index (χ2n) is 8.09. The van der Waals surface area contributed by atoms with Crippen LogP contribution in [-0.2, 0) is 20.7 Å². The van der Waals surface area contributed by atoms with Crippen LogP contribution in [0.2, 0.25) is 0 Å². The number of amides is 2. The molecule has 0 saturated carbocycles. The van der Waals surface area contributed by atoms with Crippen molar-refractivity contribution in [3.63, 3.8) is 0 Å². The van der Waals surface area contributed by atoms with Gasteiger partial charge in [-0.3, -0.25) is 9.59 Å². The third-order valence-corrected chi connectivity index (χ3v) is 5.53. The molecule has 3 aromatic rings. The van der Waals surface area contributed by atoms with Crippen LogP contribution >= 0.6 is 0 Å². The molecular formula is C28H30N2O6. The largest absolute Gasteiger partial charge is 0.497 e. The molecule has 0 saturated heterocycles. The van der Waals surface area contributed by atoms with Gasteiger partial charge in [0.05, 0.1) is 20.3 Å². The van der Waals surface area contributed by atoms with E-state index in [2.05, 4.69) is 10.6 Å². The van der Waals surface area contributed by atoms with Gasteiger partial charge in [-0.2, -0.15) is 0 Å². The van der Waals surface area contributed by atoms with Gasteiger partial charge in [-0.05, 0) is 42.8 Å². The van der Waals surface area contributed by atoms with E-state index in [1.165, 1.54) is 7.11 Å². The number of esters is 1. The molecule has 188 valence electrons. The Morgan fingerprint density at radius 1 is 0.833 bits per heavy atom. The maximum Gasteiger partial charge on any atom is 0.329 e. The molecule has 2 unspecified atom stereocenters. The minimum Gasteiger partial charge on any atom is -0.497 e. The minimum atomic E-state index is -0.969. The molecular weight excluding hydrogens is 460 g/mol. The van der Waals surface area contributed by atoms with Crippen molar-refractivity contribution in [2.45, 2.75) is 25.4 Å².